The Balaban J connectivity index is 1.39. The van der Waals surface area contributed by atoms with Crippen molar-refractivity contribution in [3.8, 4) is 5.75 Å². The van der Waals surface area contributed by atoms with Crippen LogP contribution >= 0.6 is 0 Å². The second-order valence-electron chi connectivity index (χ2n) is 10.3. The highest BCUT2D eigenvalue weighted by molar-refractivity contribution is 5.84. The Hall–Kier alpha value is -1.92. The van der Waals surface area contributed by atoms with Gasteiger partial charge in [0.2, 0.25) is 5.91 Å². The zero-order chi connectivity index (χ0) is 23.4. The van der Waals surface area contributed by atoms with E-state index in [0.29, 0.717) is 38.1 Å². The van der Waals surface area contributed by atoms with Gasteiger partial charge in [0.05, 0.1) is 18.5 Å². The molecule has 0 atom stereocenters. The van der Waals surface area contributed by atoms with Crippen LogP contribution in [0.5, 0.6) is 5.75 Å². The summed E-state index contributed by atoms with van der Waals surface area (Å²) in [6.07, 6.45) is 8.78. The quantitative estimate of drug-likeness (QED) is 0.549. The summed E-state index contributed by atoms with van der Waals surface area (Å²) in [7, 11) is 1.70. The number of carbonyl (C=O) groups is 1. The van der Waals surface area contributed by atoms with Gasteiger partial charge >= 0.3 is 0 Å². The molecule has 1 aliphatic heterocycles. The number of rotatable bonds is 9. The predicted octanol–water partition coefficient (Wildman–Crippen LogP) is 5.23. The molecule has 0 radical (unpaired) electrons. The third-order valence-corrected chi connectivity index (χ3v) is 8.48. The lowest BCUT2D eigenvalue weighted by Crippen LogP contribution is -2.60. The van der Waals surface area contributed by atoms with Crippen molar-refractivity contribution in [3.63, 3.8) is 0 Å². The molecule has 1 N–H and O–H groups in total. The van der Waals surface area contributed by atoms with Gasteiger partial charge in [0.1, 0.15) is 12.4 Å². The first kappa shape index (κ1) is 24.2. The smallest absolute Gasteiger partial charge is 0.226 e. The van der Waals surface area contributed by atoms with E-state index in [1.165, 1.54) is 5.56 Å². The van der Waals surface area contributed by atoms with E-state index in [-0.39, 0.29) is 28.9 Å². The van der Waals surface area contributed by atoms with Crippen molar-refractivity contribution in [2.24, 2.45) is 5.41 Å². The van der Waals surface area contributed by atoms with Gasteiger partial charge < -0.3 is 19.5 Å². The maximum atomic E-state index is 13.5. The van der Waals surface area contributed by atoms with Crippen LogP contribution in [-0.2, 0) is 19.7 Å². The van der Waals surface area contributed by atoms with Crippen molar-refractivity contribution in [1.29, 1.82) is 0 Å². The second-order valence-corrected chi connectivity index (χ2v) is 10.3. The molecule has 3 aliphatic carbocycles. The molecule has 1 aromatic rings. The van der Waals surface area contributed by atoms with Gasteiger partial charge in [-0.1, -0.05) is 19.1 Å². The van der Waals surface area contributed by atoms with Gasteiger partial charge in [-0.15, -0.1) is 0 Å². The zero-order valence-corrected chi connectivity index (χ0v) is 20.1. The molecule has 1 saturated heterocycles. The number of fused-ring (bicyclic) bond motifs is 3. The van der Waals surface area contributed by atoms with Crippen molar-refractivity contribution in [1.82, 2.24) is 5.32 Å². The Kier molecular flexibility index (Phi) is 7.44. The minimum Gasteiger partial charge on any atom is -0.489 e. The Morgan fingerprint density at radius 2 is 1.70 bits per heavy atom. The van der Waals surface area contributed by atoms with Crippen molar-refractivity contribution < 1.29 is 23.4 Å². The molecule has 33 heavy (non-hydrogen) atoms. The average molecular weight is 460 g/mol. The van der Waals surface area contributed by atoms with Gasteiger partial charge in [-0.2, -0.15) is 0 Å². The fraction of sp³-hybridized carbons (Fsp3) is 0.667. The number of amides is 1. The van der Waals surface area contributed by atoms with Crippen LogP contribution in [0.3, 0.4) is 0 Å². The fourth-order valence-corrected chi connectivity index (χ4v) is 5.97. The van der Waals surface area contributed by atoms with Gasteiger partial charge in [-0.05, 0) is 86.5 Å². The molecule has 1 aromatic carbocycles. The van der Waals surface area contributed by atoms with Gasteiger partial charge in [0, 0.05) is 25.7 Å². The molecule has 1 heterocycles. The highest BCUT2D eigenvalue weighted by Gasteiger charge is 2.54. The number of benzene rings is 1. The molecule has 3 saturated carbocycles. The molecule has 5 nitrogen and oxygen atoms in total. The maximum Gasteiger partial charge on any atom is 0.226 e. The molecular formula is C27H38FNO4. The first-order valence-electron chi connectivity index (χ1n) is 12.4. The van der Waals surface area contributed by atoms with E-state index in [9.17, 15) is 9.18 Å². The van der Waals surface area contributed by atoms with E-state index >= 15 is 0 Å². The van der Waals surface area contributed by atoms with Crippen LogP contribution in [-0.4, -0.2) is 45.0 Å². The predicted molar refractivity (Wildman–Crippen MR) is 126 cm³/mol. The summed E-state index contributed by atoms with van der Waals surface area (Å²) < 4.78 is 29.5. The topological polar surface area (TPSA) is 56.8 Å². The lowest BCUT2D eigenvalue weighted by molar-refractivity contribution is -0.142. The van der Waals surface area contributed by atoms with E-state index in [0.717, 1.165) is 57.1 Å². The highest BCUT2D eigenvalue weighted by atomic mass is 19.1. The summed E-state index contributed by atoms with van der Waals surface area (Å²) in [6, 6.07) is 8.32. The summed E-state index contributed by atoms with van der Waals surface area (Å²) >= 11 is 0. The maximum absolute atomic E-state index is 13.5. The Morgan fingerprint density at radius 3 is 2.24 bits per heavy atom. The molecule has 4 fully saturated rings. The van der Waals surface area contributed by atoms with Crippen LogP contribution in [0.2, 0.25) is 0 Å². The van der Waals surface area contributed by atoms with Gasteiger partial charge in [0.15, 0.2) is 0 Å². The number of halogens is 1. The van der Waals surface area contributed by atoms with Gasteiger partial charge in [-0.25, -0.2) is 4.39 Å². The van der Waals surface area contributed by atoms with Crippen LogP contribution < -0.4 is 10.1 Å². The first-order valence-corrected chi connectivity index (χ1v) is 12.4. The van der Waals surface area contributed by atoms with Crippen LogP contribution in [0.1, 0.15) is 70.3 Å². The Bertz CT molecular complexity index is 814. The number of nitrogens with one attached hydrogen (secondary N) is 1. The molecule has 4 aliphatic rings. The lowest BCUT2D eigenvalue weighted by atomic mass is 9.51. The molecule has 0 unspecified atom stereocenters. The summed E-state index contributed by atoms with van der Waals surface area (Å²) in [5, 5.41) is 3.42. The van der Waals surface area contributed by atoms with Gasteiger partial charge in [-0.3, -0.25) is 4.79 Å². The van der Waals surface area contributed by atoms with Crippen LogP contribution in [0.15, 0.2) is 36.2 Å². The van der Waals surface area contributed by atoms with Crippen molar-refractivity contribution >= 4 is 5.91 Å². The van der Waals surface area contributed by atoms with E-state index in [1.807, 2.05) is 19.1 Å². The van der Waals surface area contributed by atoms with Gasteiger partial charge in [0.25, 0.3) is 0 Å². The number of hydrogen-bond donors (Lipinski definition) is 1. The first-order chi connectivity index (χ1) is 16.0. The number of carbonyl (C=O) groups excluding carboxylic acids is 1. The van der Waals surface area contributed by atoms with E-state index in [2.05, 4.69) is 17.4 Å². The molecule has 0 aromatic heterocycles. The lowest BCUT2D eigenvalue weighted by Gasteiger charge is -2.53. The molecule has 2 bridgehead atoms. The third kappa shape index (κ3) is 4.97. The van der Waals surface area contributed by atoms with E-state index in [1.54, 1.807) is 7.11 Å². The van der Waals surface area contributed by atoms with Crippen molar-refractivity contribution in [2.75, 3.05) is 33.5 Å². The van der Waals surface area contributed by atoms with E-state index < -0.39 is 0 Å². The summed E-state index contributed by atoms with van der Waals surface area (Å²) in [4.78, 5) is 13.5. The largest absolute Gasteiger partial charge is 0.489 e. The SMILES string of the molecule is CC/C(=C\F)COc1ccc(C23CCC(C(=O)NC4(COC)CCOCC4)(CC2)CC3)cc1. The number of methoxy groups -OCH3 is 1. The normalized spacial score (nSPS) is 29.0. The summed E-state index contributed by atoms with van der Waals surface area (Å²) in [6.45, 7) is 4.08. The van der Waals surface area contributed by atoms with Crippen LogP contribution in [0, 0.1) is 5.41 Å². The molecule has 182 valence electrons. The van der Waals surface area contributed by atoms with Crippen molar-refractivity contribution in [2.45, 2.75) is 75.7 Å². The molecular weight excluding hydrogens is 421 g/mol. The van der Waals surface area contributed by atoms with Crippen LogP contribution in [0.4, 0.5) is 4.39 Å². The molecule has 6 heteroatoms. The average Bonchev–Trinajstić information content (AvgIpc) is 2.87. The number of hydrogen-bond acceptors (Lipinski definition) is 4. The van der Waals surface area contributed by atoms with Crippen LogP contribution in [0.25, 0.3) is 0 Å². The third-order valence-electron chi connectivity index (χ3n) is 8.48. The Labute approximate surface area is 197 Å². The summed E-state index contributed by atoms with van der Waals surface area (Å²) in [5.41, 5.74) is 1.59. The standard InChI is InChI=1S/C27H38FNO4/c1-3-21(18-28)19-33-23-6-4-22(5-7-23)25-8-11-26(12-9-25,13-10-25)24(30)29-27(20-31-2)14-16-32-17-15-27/h4-7,18H,3,8-17,19-20H2,1-2H3,(H,29,30)/b21-18+. The van der Waals surface area contributed by atoms with Crippen molar-refractivity contribution in [3.05, 3.63) is 41.7 Å². The number of ether oxygens (including phenoxy) is 3. The Morgan fingerprint density at radius 1 is 1.06 bits per heavy atom. The monoisotopic (exact) mass is 459 g/mol. The molecule has 0 spiro atoms. The summed E-state index contributed by atoms with van der Waals surface area (Å²) in [5.74, 6) is 0.981. The molecule has 1 amide bonds. The highest BCUT2D eigenvalue weighted by Crippen LogP contribution is 2.58. The second kappa shape index (κ2) is 10.1. The van der Waals surface area contributed by atoms with E-state index in [4.69, 9.17) is 14.2 Å². The minimum atomic E-state index is -0.296. The fourth-order valence-electron chi connectivity index (χ4n) is 5.97. The zero-order valence-electron chi connectivity index (χ0n) is 20.1. The molecule has 5 rings (SSSR count). The minimum absolute atomic E-state index is 0.150.